The molecule has 2 fully saturated rings. The van der Waals surface area contributed by atoms with Gasteiger partial charge in [0, 0.05) is 11.5 Å². The minimum absolute atomic E-state index is 0.0381. The molecule has 0 aromatic rings. The van der Waals surface area contributed by atoms with Crippen molar-refractivity contribution in [3.8, 4) is 0 Å². The smallest absolute Gasteiger partial charge is 0.333 e. The van der Waals surface area contributed by atoms with Gasteiger partial charge in [0.15, 0.2) is 0 Å². The zero-order valence-corrected chi connectivity index (χ0v) is 10.3. The second-order valence-electron chi connectivity index (χ2n) is 5.06. The average Bonchev–Trinajstić information content (AvgIpc) is 2.57. The summed E-state index contributed by atoms with van der Waals surface area (Å²) in [6.45, 7) is 7.64. The van der Waals surface area contributed by atoms with Crippen molar-refractivity contribution in [3.05, 3.63) is 12.2 Å². The van der Waals surface area contributed by atoms with Crippen LogP contribution in [0.25, 0.3) is 0 Å². The third-order valence-corrected chi connectivity index (χ3v) is 3.81. The van der Waals surface area contributed by atoms with Crippen molar-refractivity contribution in [2.24, 2.45) is 17.8 Å². The number of fused-ring (bicyclic) bond motifs is 1. The minimum atomic E-state index is -0.367. The summed E-state index contributed by atoms with van der Waals surface area (Å²) in [7, 11) is 0. The molecule has 0 aromatic heterocycles. The van der Waals surface area contributed by atoms with Gasteiger partial charge >= 0.3 is 11.9 Å². The van der Waals surface area contributed by atoms with Gasteiger partial charge in [0.05, 0.1) is 12.5 Å². The van der Waals surface area contributed by atoms with Gasteiger partial charge in [-0.25, -0.2) is 4.79 Å². The Morgan fingerprint density at radius 2 is 2.24 bits per heavy atom. The molecule has 1 aliphatic carbocycles. The number of cyclic esters (lactones) is 1. The highest BCUT2D eigenvalue weighted by Crippen LogP contribution is 2.43. The molecule has 2 rings (SSSR count). The first-order chi connectivity index (χ1) is 8.00. The van der Waals surface area contributed by atoms with Crippen LogP contribution in [0.15, 0.2) is 12.2 Å². The molecule has 0 amide bonds. The molecule has 4 atom stereocenters. The normalized spacial score (nSPS) is 36.0. The van der Waals surface area contributed by atoms with E-state index in [2.05, 4.69) is 6.58 Å². The number of rotatable bonds is 2. The van der Waals surface area contributed by atoms with Crippen LogP contribution in [0, 0.1) is 17.8 Å². The number of carbonyl (C=O) groups is 2. The molecule has 2 aliphatic rings. The van der Waals surface area contributed by atoms with Crippen molar-refractivity contribution in [2.75, 3.05) is 6.61 Å². The van der Waals surface area contributed by atoms with Gasteiger partial charge in [0.2, 0.25) is 0 Å². The van der Waals surface area contributed by atoms with Crippen LogP contribution in [-0.2, 0) is 19.1 Å². The van der Waals surface area contributed by atoms with Crippen molar-refractivity contribution >= 4 is 11.9 Å². The largest absolute Gasteiger partial charge is 0.465 e. The summed E-state index contributed by atoms with van der Waals surface area (Å²) in [5.74, 6) is -0.270. The summed E-state index contributed by atoms with van der Waals surface area (Å²) in [5, 5.41) is 0. The lowest BCUT2D eigenvalue weighted by Crippen LogP contribution is -2.33. The van der Waals surface area contributed by atoms with Crippen LogP contribution in [0.5, 0.6) is 0 Å². The summed E-state index contributed by atoms with van der Waals surface area (Å²) >= 11 is 0. The Morgan fingerprint density at radius 3 is 2.82 bits per heavy atom. The molecule has 0 bridgehead atoms. The van der Waals surface area contributed by atoms with E-state index in [0.29, 0.717) is 18.1 Å². The standard InChI is InChI=1S/C13H18O4/c1-7(2)12(14)17-10-6-9-4-5-16-13(15)11(9)8(10)3/h8-11H,1,4-6H2,2-3H3. The second-order valence-corrected chi connectivity index (χ2v) is 5.06. The first-order valence-corrected chi connectivity index (χ1v) is 6.04. The third kappa shape index (κ3) is 2.21. The van der Waals surface area contributed by atoms with Crippen LogP contribution in [0.1, 0.15) is 26.7 Å². The van der Waals surface area contributed by atoms with Gasteiger partial charge in [-0.15, -0.1) is 0 Å². The fourth-order valence-electron chi connectivity index (χ4n) is 2.83. The van der Waals surface area contributed by atoms with Gasteiger partial charge < -0.3 is 9.47 Å². The van der Waals surface area contributed by atoms with E-state index in [0.717, 1.165) is 12.8 Å². The van der Waals surface area contributed by atoms with Crippen molar-refractivity contribution in [2.45, 2.75) is 32.8 Å². The Kier molecular flexibility index (Phi) is 3.22. The zero-order chi connectivity index (χ0) is 12.6. The third-order valence-electron chi connectivity index (χ3n) is 3.81. The maximum Gasteiger partial charge on any atom is 0.333 e. The molecule has 1 saturated carbocycles. The quantitative estimate of drug-likeness (QED) is 0.542. The Bertz CT molecular complexity index is 360. The topological polar surface area (TPSA) is 52.6 Å². The van der Waals surface area contributed by atoms with Crippen molar-refractivity contribution in [1.82, 2.24) is 0 Å². The van der Waals surface area contributed by atoms with Crippen LogP contribution in [0.3, 0.4) is 0 Å². The number of hydrogen-bond acceptors (Lipinski definition) is 4. The van der Waals surface area contributed by atoms with E-state index >= 15 is 0 Å². The fraction of sp³-hybridized carbons (Fsp3) is 0.692. The Labute approximate surface area is 101 Å². The zero-order valence-electron chi connectivity index (χ0n) is 10.3. The van der Waals surface area contributed by atoms with Gasteiger partial charge in [-0.05, 0) is 25.7 Å². The lowest BCUT2D eigenvalue weighted by atomic mass is 9.87. The molecule has 0 N–H and O–H groups in total. The van der Waals surface area contributed by atoms with Crippen molar-refractivity contribution in [1.29, 1.82) is 0 Å². The molecule has 4 heteroatoms. The predicted molar refractivity (Wildman–Crippen MR) is 61.0 cm³/mol. The summed E-state index contributed by atoms with van der Waals surface area (Å²) in [4.78, 5) is 23.2. The number of esters is 2. The molecule has 4 nitrogen and oxygen atoms in total. The SMILES string of the molecule is C=C(C)C(=O)OC1CC2CCOC(=O)C2C1C. The molecular weight excluding hydrogens is 220 g/mol. The van der Waals surface area contributed by atoms with Crippen LogP contribution in [-0.4, -0.2) is 24.6 Å². The summed E-state index contributed by atoms with van der Waals surface area (Å²) < 4.78 is 10.4. The monoisotopic (exact) mass is 238 g/mol. The lowest BCUT2D eigenvalue weighted by molar-refractivity contribution is -0.158. The van der Waals surface area contributed by atoms with Gasteiger partial charge in [-0.3, -0.25) is 4.79 Å². The predicted octanol–water partition coefficient (Wildman–Crippen LogP) is 1.69. The molecular formula is C13H18O4. The summed E-state index contributed by atoms with van der Waals surface area (Å²) in [5.41, 5.74) is 0.398. The highest BCUT2D eigenvalue weighted by Gasteiger charge is 2.48. The lowest BCUT2D eigenvalue weighted by Gasteiger charge is -2.26. The van der Waals surface area contributed by atoms with Crippen molar-refractivity contribution < 1.29 is 19.1 Å². The highest BCUT2D eigenvalue weighted by atomic mass is 16.5. The molecule has 1 aliphatic heterocycles. The highest BCUT2D eigenvalue weighted by molar-refractivity contribution is 5.87. The van der Waals surface area contributed by atoms with Gasteiger partial charge in [0.25, 0.3) is 0 Å². The van der Waals surface area contributed by atoms with Gasteiger partial charge in [0.1, 0.15) is 6.10 Å². The molecule has 1 heterocycles. The number of carbonyl (C=O) groups excluding carboxylic acids is 2. The van der Waals surface area contributed by atoms with Gasteiger partial charge in [-0.1, -0.05) is 13.5 Å². The molecule has 17 heavy (non-hydrogen) atoms. The first kappa shape index (κ1) is 12.1. The average molecular weight is 238 g/mol. The molecule has 0 radical (unpaired) electrons. The molecule has 1 saturated heterocycles. The maximum atomic E-state index is 11.7. The Morgan fingerprint density at radius 1 is 1.53 bits per heavy atom. The fourth-order valence-corrected chi connectivity index (χ4v) is 2.83. The van der Waals surface area contributed by atoms with E-state index < -0.39 is 0 Å². The van der Waals surface area contributed by atoms with E-state index in [1.54, 1.807) is 6.92 Å². The van der Waals surface area contributed by atoms with E-state index in [4.69, 9.17) is 9.47 Å². The maximum absolute atomic E-state index is 11.7. The van der Waals surface area contributed by atoms with Crippen molar-refractivity contribution in [3.63, 3.8) is 0 Å². The second kappa shape index (κ2) is 4.51. The molecule has 0 aromatic carbocycles. The van der Waals surface area contributed by atoms with E-state index in [9.17, 15) is 9.59 Å². The Balaban J connectivity index is 2.05. The summed E-state index contributed by atoms with van der Waals surface area (Å²) in [6.07, 6.45) is 1.46. The molecule has 4 unspecified atom stereocenters. The van der Waals surface area contributed by atoms with E-state index in [1.165, 1.54) is 0 Å². The van der Waals surface area contributed by atoms with Crippen LogP contribution >= 0.6 is 0 Å². The first-order valence-electron chi connectivity index (χ1n) is 6.04. The number of hydrogen-bond donors (Lipinski definition) is 0. The minimum Gasteiger partial charge on any atom is -0.465 e. The number of ether oxygens (including phenoxy) is 2. The van der Waals surface area contributed by atoms with E-state index in [-0.39, 0.29) is 29.9 Å². The summed E-state index contributed by atoms with van der Waals surface area (Å²) in [6, 6.07) is 0. The van der Waals surface area contributed by atoms with Crippen LogP contribution in [0.4, 0.5) is 0 Å². The van der Waals surface area contributed by atoms with Crippen LogP contribution in [0.2, 0.25) is 0 Å². The molecule has 94 valence electrons. The molecule has 0 spiro atoms. The van der Waals surface area contributed by atoms with Gasteiger partial charge in [-0.2, -0.15) is 0 Å². The van der Waals surface area contributed by atoms with Crippen LogP contribution < -0.4 is 0 Å². The Hall–Kier alpha value is -1.32. The van der Waals surface area contributed by atoms with E-state index in [1.807, 2.05) is 6.92 Å².